The molecule has 21 heavy (non-hydrogen) atoms. The molecule has 1 aromatic carbocycles. The van der Waals surface area contributed by atoms with Crippen LogP contribution in [-0.4, -0.2) is 44.5 Å². The van der Waals surface area contributed by atoms with Crippen LogP contribution in [0.1, 0.15) is 18.1 Å². The van der Waals surface area contributed by atoms with Gasteiger partial charge in [0.1, 0.15) is 10.6 Å². The van der Waals surface area contributed by atoms with E-state index in [1.54, 1.807) is 19.1 Å². The summed E-state index contributed by atoms with van der Waals surface area (Å²) in [6.07, 6.45) is 0. The highest BCUT2D eigenvalue weighted by Gasteiger charge is 2.29. The molecule has 0 saturated carbocycles. The van der Waals surface area contributed by atoms with Crippen molar-refractivity contribution in [1.82, 2.24) is 4.31 Å². The summed E-state index contributed by atoms with van der Waals surface area (Å²) in [7, 11) is -1.03. The number of methoxy groups -OCH3 is 1. The van der Waals surface area contributed by atoms with E-state index < -0.39 is 21.9 Å². The Labute approximate surface area is 125 Å². The monoisotopic (exact) mass is 315 g/mol. The van der Waals surface area contributed by atoms with Crippen molar-refractivity contribution in [3.05, 3.63) is 23.3 Å². The number of hydrogen-bond acceptors (Lipinski definition) is 4. The molecule has 1 rings (SSSR count). The molecule has 1 unspecified atom stereocenters. The zero-order valence-electron chi connectivity index (χ0n) is 12.9. The van der Waals surface area contributed by atoms with Gasteiger partial charge in [-0.25, -0.2) is 8.42 Å². The van der Waals surface area contributed by atoms with Gasteiger partial charge in [0.05, 0.1) is 13.0 Å². The normalized spacial score (nSPS) is 13.2. The zero-order chi connectivity index (χ0) is 16.4. The first-order chi connectivity index (χ1) is 9.61. The molecular formula is C14H21NO5S. The summed E-state index contributed by atoms with van der Waals surface area (Å²) in [5, 5.41) is 8.91. The fourth-order valence-electron chi connectivity index (χ4n) is 2.12. The number of sulfonamides is 1. The van der Waals surface area contributed by atoms with Crippen molar-refractivity contribution in [2.45, 2.75) is 25.7 Å². The summed E-state index contributed by atoms with van der Waals surface area (Å²) in [4.78, 5) is 11.0. The molecule has 0 amide bonds. The Morgan fingerprint density at radius 3 is 2.43 bits per heavy atom. The summed E-state index contributed by atoms with van der Waals surface area (Å²) >= 11 is 0. The molecular weight excluding hydrogens is 294 g/mol. The number of hydrogen-bond donors (Lipinski definition) is 1. The fourth-order valence-corrected chi connectivity index (χ4v) is 3.71. The average molecular weight is 315 g/mol. The van der Waals surface area contributed by atoms with Gasteiger partial charge in [0.15, 0.2) is 0 Å². The zero-order valence-corrected chi connectivity index (χ0v) is 13.7. The fraction of sp³-hybridized carbons (Fsp3) is 0.500. The molecule has 0 fully saturated rings. The van der Waals surface area contributed by atoms with Crippen LogP contribution in [0.25, 0.3) is 0 Å². The third-order valence-electron chi connectivity index (χ3n) is 3.23. The number of ether oxygens (including phenoxy) is 1. The number of carboxylic acids is 1. The summed E-state index contributed by atoms with van der Waals surface area (Å²) in [5.41, 5.74) is 1.46. The second-order valence-electron chi connectivity index (χ2n) is 5.14. The van der Waals surface area contributed by atoms with E-state index in [1.807, 2.05) is 6.92 Å². The molecule has 0 aliphatic heterocycles. The molecule has 118 valence electrons. The van der Waals surface area contributed by atoms with Crippen LogP contribution in [0.2, 0.25) is 0 Å². The van der Waals surface area contributed by atoms with Gasteiger partial charge in [0, 0.05) is 13.6 Å². The van der Waals surface area contributed by atoms with Crippen molar-refractivity contribution in [2.75, 3.05) is 20.7 Å². The molecule has 1 N–H and O–H groups in total. The number of nitrogens with zero attached hydrogens (tertiary/aromatic N) is 1. The highest BCUT2D eigenvalue weighted by molar-refractivity contribution is 7.89. The maximum Gasteiger partial charge on any atom is 0.307 e. The van der Waals surface area contributed by atoms with E-state index in [2.05, 4.69) is 0 Å². The van der Waals surface area contributed by atoms with Crippen LogP contribution in [0.5, 0.6) is 5.75 Å². The van der Waals surface area contributed by atoms with Crippen LogP contribution in [0.15, 0.2) is 17.0 Å². The molecule has 6 nitrogen and oxygen atoms in total. The Hall–Kier alpha value is -1.60. The van der Waals surface area contributed by atoms with Gasteiger partial charge >= 0.3 is 5.97 Å². The van der Waals surface area contributed by atoms with Gasteiger partial charge in [-0.15, -0.1) is 0 Å². The van der Waals surface area contributed by atoms with E-state index in [-0.39, 0.29) is 17.2 Å². The molecule has 0 bridgehead atoms. The molecule has 0 heterocycles. The lowest BCUT2D eigenvalue weighted by molar-refractivity contribution is -0.141. The molecule has 0 aromatic heterocycles. The number of aryl methyl sites for hydroxylation is 2. The standard InChI is InChI=1S/C14H21NO5S/c1-9-6-10(2)13(12(7-9)20-5)21(18,19)15(4)8-11(3)14(16)17/h6-7,11H,8H2,1-5H3,(H,16,17). The largest absolute Gasteiger partial charge is 0.495 e. The first-order valence-electron chi connectivity index (χ1n) is 6.45. The van der Waals surface area contributed by atoms with E-state index in [4.69, 9.17) is 9.84 Å². The van der Waals surface area contributed by atoms with Crippen LogP contribution >= 0.6 is 0 Å². The van der Waals surface area contributed by atoms with Crippen molar-refractivity contribution in [1.29, 1.82) is 0 Å². The van der Waals surface area contributed by atoms with Gasteiger partial charge in [-0.05, 0) is 31.0 Å². The van der Waals surface area contributed by atoms with Gasteiger partial charge in [-0.1, -0.05) is 13.0 Å². The molecule has 1 atom stereocenters. The summed E-state index contributed by atoms with van der Waals surface area (Å²) < 4.78 is 31.5. The minimum atomic E-state index is -3.81. The van der Waals surface area contributed by atoms with Gasteiger partial charge in [0.2, 0.25) is 10.0 Å². The first kappa shape index (κ1) is 17.5. The summed E-state index contributed by atoms with van der Waals surface area (Å²) in [5.74, 6) is -1.56. The first-order valence-corrected chi connectivity index (χ1v) is 7.89. The highest BCUT2D eigenvalue weighted by atomic mass is 32.2. The Morgan fingerprint density at radius 2 is 1.95 bits per heavy atom. The van der Waals surface area contributed by atoms with Crippen molar-refractivity contribution in [3.63, 3.8) is 0 Å². The average Bonchev–Trinajstić information content (AvgIpc) is 2.36. The predicted octanol–water partition coefficient (Wildman–Crippen LogP) is 1.65. The van der Waals surface area contributed by atoms with Gasteiger partial charge in [0.25, 0.3) is 0 Å². The Morgan fingerprint density at radius 1 is 1.38 bits per heavy atom. The smallest absolute Gasteiger partial charge is 0.307 e. The predicted molar refractivity (Wildman–Crippen MR) is 79.1 cm³/mol. The Bertz CT molecular complexity index is 639. The highest BCUT2D eigenvalue weighted by Crippen LogP contribution is 2.31. The maximum atomic E-state index is 12.7. The van der Waals surface area contributed by atoms with E-state index in [0.717, 1.165) is 9.87 Å². The topological polar surface area (TPSA) is 83.9 Å². The van der Waals surface area contributed by atoms with Crippen LogP contribution in [0.4, 0.5) is 0 Å². The van der Waals surface area contributed by atoms with Gasteiger partial charge in [-0.3, -0.25) is 4.79 Å². The lowest BCUT2D eigenvalue weighted by atomic mass is 10.1. The van der Waals surface area contributed by atoms with Crippen LogP contribution in [0.3, 0.4) is 0 Å². The number of aliphatic carboxylic acids is 1. The van der Waals surface area contributed by atoms with E-state index >= 15 is 0 Å². The molecule has 0 aliphatic carbocycles. The van der Waals surface area contributed by atoms with Gasteiger partial charge in [-0.2, -0.15) is 4.31 Å². The number of carbonyl (C=O) groups is 1. The van der Waals surface area contributed by atoms with Crippen molar-refractivity contribution >= 4 is 16.0 Å². The van der Waals surface area contributed by atoms with E-state index in [0.29, 0.717) is 5.56 Å². The van der Waals surface area contributed by atoms with Crippen molar-refractivity contribution < 1.29 is 23.1 Å². The van der Waals surface area contributed by atoms with E-state index in [1.165, 1.54) is 21.1 Å². The molecule has 1 aromatic rings. The van der Waals surface area contributed by atoms with Crippen molar-refractivity contribution in [2.24, 2.45) is 5.92 Å². The molecule has 7 heteroatoms. The minimum Gasteiger partial charge on any atom is -0.495 e. The van der Waals surface area contributed by atoms with Crippen molar-refractivity contribution in [3.8, 4) is 5.75 Å². The lowest BCUT2D eigenvalue weighted by Gasteiger charge is -2.22. The second kappa shape index (κ2) is 6.44. The van der Waals surface area contributed by atoms with Gasteiger partial charge < -0.3 is 9.84 Å². The second-order valence-corrected chi connectivity index (χ2v) is 7.12. The number of benzene rings is 1. The maximum absolute atomic E-state index is 12.7. The molecule has 0 saturated heterocycles. The third kappa shape index (κ3) is 3.74. The number of carboxylic acid groups (broad SMARTS) is 1. The van der Waals surface area contributed by atoms with Crippen LogP contribution in [-0.2, 0) is 14.8 Å². The number of rotatable bonds is 6. The SMILES string of the molecule is COc1cc(C)cc(C)c1S(=O)(=O)N(C)CC(C)C(=O)O. The van der Waals surface area contributed by atoms with Crippen LogP contribution < -0.4 is 4.74 Å². The molecule has 0 spiro atoms. The summed E-state index contributed by atoms with van der Waals surface area (Å²) in [6, 6.07) is 3.40. The minimum absolute atomic E-state index is 0.0793. The third-order valence-corrected chi connectivity index (χ3v) is 5.23. The Kier molecular flexibility index (Phi) is 5.36. The summed E-state index contributed by atoms with van der Waals surface area (Å²) in [6.45, 7) is 4.90. The molecule has 0 radical (unpaired) electrons. The Balaban J connectivity index is 3.28. The lowest BCUT2D eigenvalue weighted by Crippen LogP contribution is -2.34. The quantitative estimate of drug-likeness (QED) is 0.863. The van der Waals surface area contributed by atoms with Crippen LogP contribution in [0, 0.1) is 19.8 Å². The van der Waals surface area contributed by atoms with E-state index in [9.17, 15) is 13.2 Å². The molecule has 0 aliphatic rings.